The van der Waals surface area contributed by atoms with Crippen molar-refractivity contribution in [3.05, 3.63) is 132 Å². The van der Waals surface area contributed by atoms with Crippen LogP contribution in [0, 0.1) is 6.92 Å². The van der Waals surface area contributed by atoms with Crippen LogP contribution in [0.4, 0.5) is 11.5 Å². The van der Waals surface area contributed by atoms with Gasteiger partial charge in [-0.05, 0) is 104 Å². The molecule has 0 spiro atoms. The first-order valence-electron chi connectivity index (χ1n) is 22.4. The van der Waals surface area contributed by atoms with E-state index >= 15 is 0 Å². The van der Waals surface area contributed by atoms with Crippen molar-refractivity contribution in [2.24, 2.45) is 0 Å². The number of rotatable bonds is 6. The van der Waals surface area contributed by atoms with Crippen LogP contribution in [0.3, 0.4) is 0 Å². The molecule has 0 fully saturated rings. The lowest BCUT2D eigenvalue weighted by Gasteiger charge is -2.12. The van der Waals surface area contributed by atoms with E-state index in [0.29, 0.717) is 23.7 Å². The summed E-state index contributed by atoms with van der Waals surface area (Å²) in [7, 11) is 0. The predicted octanol–water partition coefficient (Wildman–Crippen LogP) is 11.7. The summed E-state index contributed by atoms with van der Waals surface area (Å²) in [4.78, 5) is 20.3. The van der Waals surface area contributed by atoms with Crippen LogP contribution in [0.5, 0.6) is 0 Å². The monoisotopic (exact) mass is 889 g/mol. The Morgan fingerprint density at radius 1 is 0.545 bits per heavy atom. The minimum Gasteiger partial charge on any atom is -0.337 e. The van der Waals surface area contributed by atoms with Gasteiger partial charge in [-0.25, -0.2) is 15.0 Å². The molecule has 344 valence electrons. The molecule has 11 rings (SSSR count). The van der Waals surface area contributed by atoms with Gasteiger partial charge < -0.3 is 5.32 Å². The van der Waals surface area contributed by atoms with Gasteiger partial charge in [0.1, 0.15) is 6.33 Å². The highest BCUT2D eigenvalue weighted by Crippen LogP contribution is 2.27. The number of aromatic nitrogens is 15. The summed E-state index contributed by atoms with van der Waals surface area (Å²) in [6.45, 7) is 19.2. The van der Waals surface area contributed by atoms with Crippen molar-refractivity contribution < 1.29 is 0 Å². The van der Waals surface area contributed by atoms with Crippen molar-refractivity contribution >= 4 is 55.4 Å². The first-order valence-corrected chi connectivity index (χ1v) is 22.4. The van der Waals surface area contributed by atoms with Gasteiger partial charge in [-0.3, -0.25) is 35.5 Å². The highest BCUT2D eigenvalue weighted by molar-refractivity contribution is 5.91. The lowest BCUT2D eigenvalue weighted by molar-refractivity contribution is 0.668. The minimum absolute atomic E-state index is 0. The number of hydrogen-bond donors (Lipinski definition) is 6. The van der Waals surface area contributed by atoms with Crippen molar-refractivity contribution in [1.82, 2.24) is 75.9 Å². The third-order valence-corrected chi connectivity index (χ3v) is 11.0. The van der Waals surface area contributed by atoms with Crippen LogP contribution in [0.2, 0.25) is 0 Å². The Bertz CT molecular complexity index is 2850. The molecule has 66 heavy (non-hydrogen) atoms. The fraction of sp³-hybridized carbons (Fsp3) is 0.360. The average Bonchev–Trinajstić information content (AvgIpc) is 4.17. The molecule has 0 atom stereocenters. The first-order chi connectivity index (χ1) is 31.5. The van der Waals surface area contributed by atoms with E-state index in [1.54, 1.807) is 24.8 Å². The molecular formula is C50H64N16. The average molecular weight is 889 g/mol. The Morgan fingerprint density at radius 3 is 1.95 bits per heavy atom. The number of pyridine rings is 3. The lowest BCUT2D eigenvalue weighted by Crippen LogP contribution is -2.03. The Labute approximate surface area is 386 Å². The number of fused-ring (bicyclic) bond motifs is 5. The van der Waals surface area contributed by atoms with Crippen molar-refractivity contribution in [2.75, 3.05) is 5.32 Å². The zero-order chi connectivity index (χ0) is 45.9. The van der Waals surface area contributed by atoms with Crippen molar-refractivity contribution in [3.63, 3.8) is 0 Å². The van der Waals surface area contributed by atoms with Gasteiger partial charge >= 0.3 is 0 Å². The summed E-state index contributed by atoms with van der Waals surface area (Å²) < 4.78 is 0. The third kappa shape index (κ3) is 11.7. The number of nitrogens with zero attached hydrogens (tertiary/aromatic N) is 10. The minimum atomic E-state index is 0. The maximum Gasteiger partial charge on any atom is 0.184 e. The molecule has 0 saturated heterocycles. The van der Waals surface area contributed by atoms with E-state index in [9.17, 15) is 0 Å². The Kier molecular flexibility index (Phi) is 16.4. The van der Waals surface area contributed by atoms with E-state index in [-0.39, 0.29) is 7.43 Å². The van der Waals surface area contributed by atoms with Gasteiger partial charge in [0.2, 0.25) is 0 Å². The molecular weight excluding hydrogens is 825 g/mol. The molecule has 0 radical (unpaired) electrons. The summed E-state index contributed by atoms with van der Waals surface area (Å²) in [6, 6.07) is 15.9. The zero-order valence-electron chi connectivity index (χ0n) is 38.8. The molecule has 6 N–H and O–H groups in total. The number of hydrogen-bond acceptors (Lipinski definition) is 11. The Hall–Kier alpha value is -7.36. The molecule has 1 aromatic carbocycles. The van der Waals surface area contributed by atoms with Crippen LogP contribution in [-0.2, 0) is 12.8 Å². The standard InChI is InChI=1S/C13H12N4.C10H16N2.2C9H11N3.C8H10N4.CH4/c1-9-6-10(8-14-7-9)15-13-11-4-2-3-5-12(11)16-17-13;1-7(2)10-8-5-3-4-6-9(8)11-12-10;1-6(2)9-7-5-10-4-3-8(7)11-12-9;1-6(2)8-7-4-3-5-10-9(7)12-11-8;1-5(2)7-6-3-9-4-10-8(6)12-11-7;/h2-8H,1H3,(H2,15,16,17);7H,3-6H2,1-2H3,(H,11,12);3-6H,1-2H3,(H,11,12);3-6H,1-2H3,(H,10,11,12);3-5H,1-2H3,(H,9,10,11,12);1H4. The smallest absolute Gasteiger partial charge is 0.184 e. The predicted molar refractivity (Wildman–Crippen MR) is 266 cm³/mol. The number of aromatic amines is 5. The van der Waals surface area contributed by atoms with Gasteiger partial charge in [0.25, 0.3) is 0 Å². The van der Waals surface area contributed by atoms with Crippen molar-refractivity contribution in [2.45, 2.75) is 119 Å². The maximum absolute atomic E-state index is 4.37. The van der Waals surface area contributed by atoms with Gasteiger partial charge in [0.05, 0.1) is 34.0 Å². The largest absolute Gasteiger partial charge is 0.337 e. The summed E-state index contributed by atoms with van der Waals surface area (Å²) in [5.74, 6) is 2.77. The second kappa shape index (κ2) is 22.5. The van der Waals surface area contributed by atoms with E-state index < -0.39 is 0 Å². The van der Waals surface area contributed by atoms with Gasteiger partial charge in [-0.15, -0.1) is 0 Å². The second-order valence-electron chi connectivity index (χ2n) is 17.3. The SMILES string of the molecule is C.CC(C)c1[nH]nc2ccncc12.CC(C)c1[nH]nc2ncccc12.CC(C)c1[nH]nc2ncncc12.CC(C)c1n[nH]c2c1CCCC2.Cc1cncc(Nc2n[nH]c3ccccc23)c1. The molecule has 16 nitrogen and oxygen atoms in total. The topological polar surface area (TPSA) is 220 Å². The van der Waals surface area contributed by atoms with E-state index in [0.717, 1.165) is 78.0 Å². The molecule has 1 aliphatic carbocycles. The lowest BCUT2D eigenvalue weighted by atomic mass is 9.93. The number of anilines is 2. The molecule has 9 heterocycles. The summed E-state index contributed by atoms with van der Waals surface area (Å²) >= 11 is 0. The van der Waals surface area contributed by atoms with Crippen LogP contribution >= 0.6 is 0 Å². The van der Waals surface area contributed by atoms with Gasteiger partial charge in [0.15, 0.2) is 17.1 Å². The molecule has 0 aliphatic heterocycles. The van der Waals surface area contributed by atoms with Crippen LogP contribution < -0.4 is 5.32 Å². The quantitative estimate of drug-likeness (QED) is 0.0922. The molecule has 0 saturated carbocycles. The Morgan fingerprint density at radius 2 is 1.21 bits per heavy atom. The summed E-state index contributed by atoms with van der Waals surface area (Å²) in [5.41, 5.74) is 13.3. The molecule has 0 amide bonds. The number of aryl methyl sites for hydroxylation is 2. The second-order valence-corrected chi connectivity index (χ2v) is 17.3. The zero-order valence-corrected chi connectivity index (χ0v) is 38.8. The van der Waals surface area contributed by atoms with Crippen LogP contribution in [0.1, 0.15) is 139 Å². The highest BCUT2D eigenvalue weighted by Gasteiger charge is 2.18. The number of benzene rings is 1. The van der Waals surface area contributed by atoms with E-state index in [1.807, 2.05) is 67.8 Å². The first kappa shape index (κ1) is 48.1. The van der Waals surface area contributed by atoms with E-state index in [2.05, 4.69) is 137 Å². The van der Waals surface area contributed by atoms with E-state index in [1.165, 1.54) is 49.0 Å². The summed E-state index contributed by atoms with van der Waals surface area (Å²) in [5, 5.41) is 43.7. The number of nitrogens with one attached hydrogen (secondary N) is 6. The molecule has 9 aromatic heterocycles. The fourth-order valence-corrected chi connectivity index (χ4v) is 7.64. The summed E-state index contributed by atoms with van der Waals surface area (Å²) in [6.07, 6.45) is 17.4. The van der Waals surface area contributed by atoms with Gasteiger partial charge in [-0.2, -0.15) is 25.5 Å². The molecule has 10 aromatic rings. The third-order valence-electron chi connectivity index (χ3n) is 11.0. The van der Waals surface area contributed by atoms with Crippen molar-refractivity contribution in [1.29, 1.82) is 0 Å². The van der Waals surface area contributed by atoms with Crippen LogP contribution in [-0.4, -0.2) is 75.9 Å². The normalized spacial score (nSPS) is 11.9. The molecule has 16 heteroatoms. The van der Waals surface area contributed by atoms with Crippen LogP contribution in [0.15, 0.2) is 92.0 Å². The maximum atomic E-state index is 4.37. The van der Waals surface area contributed by atoms with Gasteiger partial charge in [0, 0.05) is 69.9 Å². The fourth-order valence-electron chi connectivity index (χ4n) is 7.64. The molecule has 0 unspecified atom stereocenters. The number of H-pyrrole nitrogens is 5. The van der Waals surface area contributed by atoms with Crippen molar-refractivity contribution in [3.8, 4) is 0 Å². The van der Waals surface area contributed by atoms with Gasteiger partial charge in [-0.1, -0.05) is 74.9 Å². The van der Waals surface area contributed by atoms with E-state index in [4.69, 9.17) is 0 Å². The molecule has 0 bridgehead atoms. The number of para-hydroxylation sites is 1. The Balaban J connectivity index is 0.000000137. The molecule has 1 aliphatic rings. The highest BCUT2D eigenvalue weighted by atomic mass is 15.2. The van der Waals surface area contributed by atoms with Crippen LogP contribution in [0.25, 0.3) is 43.9 Å².